The number of hydrogen-bond acceptors (Lipinski definition) is 4. The van der Waals surface area contributed by atoms with E-state index >= 15 is 0 Å². The van der Waals surface area contributed by atoms with Crippen LogP contribution in [0.15, 0.2) is 36.7 Å². The van der Waals surface area contributed by atoms with Gasteiger partial charge in [0, 0.05) is 25.0 Å². The molecule has 1 heterocycles. The molecule has 0 fully saturated rings. The maximum atomic E-state index is 10.9. The van der Waals surface area contributed by atoms with Crippen molar-refractivity contribution in [2.45, 2.75) is 19.6 Å². The lowest BCUT2D eigenvalue weighted by atomic mass is 10.2. The van der Waals surface area contributed by atoms with Gasteiger partial charge < -0.3 is 14.4 Å². The minimum absolute atomic E-state index is 0.00209. The fourth-order valence-electron chi connectivity index (χ4n) is 1.97. The molecule has 0 aliphatic heterocycles. The molecule has 0 spiro atoms. The van der Waals surface area contributed by atoms with E-state index in [4.69, 9.17) is 4.74 Å². The maximum Gasteiger partial charge on any atom is 0.273 e. The number of nitro benzene ring substituents is 1. The summed E-state index contributed by atoms with van der Waals surface area (Å²) in [6.07, 6.45) is 3.11. The third-order valence-corrected chi connectivity index (χ3v) is 3.02. The quantitative estimate of drug-likeness (QED) is 0.672. The smallest absolute Gasteiger partial charge is 0.273 e. The van der Waals surface area contributed by atoms with Crippen LogP contribution in [0.2, 0.25) is 0 Å². The number of non-ortho nitro benzene ring substituents is 1. The van der Waals surface area contributed by atoms with Crippen LogP contribution in [0, 0.1) is 10.1 Å². The van der Waals surface area contributed by atoms with E-state index in [1.807, 2.05) is 23.0 Å². The summed E-state index contributed by atoms with van der Waals surface area (Å²) < 4.78 is 6.93. The highest BCUT2D eigenvalue weighted by Crippen LogP contribution is 2.23. The highest BCUT2D eigenvalue weighted by Gasteiger charge is 2.11. The van der Waals surface area contributed by atoms with Crippen LogP contribution in [0.5, 0.6) is 5.75 Å². The van der Waals surface area contributed by atoms with Gasteiger partial charge in [-0.25, -0.2) is 0 Å². The van der Waals surface area contributed by atoms with E-state index in [0.717, 1.165) is 11.1 Å². The summed E-state index contributed by atoms with van der Waals surface area (Å²) in [6, 6.07) is 6.49. The van der Waals surface area contributed by atoms with Crippen LogP contribution in [0.3, 0.4) is 0 Å². The molecule has 1 unspecified atom stereocenters. The summed E-state index contributed by atoms with van der Waals surface area (Å²) in [5.74, 6) is 0.456. The van der Waals surface area contributed by atoms with E-state index in [1.165, 1.54) is 19.2 Å². The fourth-order valence-corrected chi connectivity index (χ4v) is 1.97. The summed E-state index contributed by atoms with van der Waals surface area (Å²) in [4.78, 5) is 10.4. The minimum Gasteiger partial charge on any atom is -0.496 e. The first-order chi connectivity index (χ1) is 9.49. The zero-order valence-electron chi connectivity index (χ0n) is 11.3. The number of hydrogen-bond donors (Lipinski definition) is 1. The first-order valence-corrected chi connectivity index (χ1v) is 6.15. The predicted octanol–water partition coefficient (Wildman–Crippen LogP) is 2.51. The first-order valence-electron chi connectivity index (χ1n) is 6.15. The molecule has 0 aliphatic carbocycles. The van der Waals surface area contributed by atoms with Crippen molar-refractivity contribution < 1.29 is 14.8 Å². The van der Waals surface area contributed by atoms with E-state index in [2.05, 4.69) is 0 Å². The van der Waals surface area contributed by atoms with Crippen LogP contribution in [0.4, 0.5) is 5.69 Å². The van der Waals surface area contributed by atoms with E-state index in [0.29, 0.717) is 12.3 Å². The number of methoxy groups -OCH3 is 1. The maximum absolute atomic E-state index is 10.9. The Bertz CT molecular complexity index is 619. The van der Waals surface area contributed by atoms with Gasteiger partial charge in [-0.05, 0) is 30.2 Å². The molecule has 0 saturated carbocycles. The van der Waals surface area contributed by atoms with Gasteiger partial charge in [0.1, 0.15) is 5.75 Å². The molecule has 2 rings (SSSR count). The van der Waals surface area contributed by atoms with Gasteiger partial charge in [0.15, 0.2) is 0 Å². The number of aliphatic hydroxyl groups excluding tert-OH is 1. The Morgan fingerprint density at radius 3 is 2.75 bits per heavy atom. The Morgan fingerprint density at radius 1 is 1.45 bits per heavy atom. The first kappa shape index (κ1) is 14.1. The van der Waals surface area contributed by atoms with Gasteiger partial charge in [-0.2, -0.15) is 0 Å². The van der Waals surface area contributed by atoms with Crippen molar-refractivity contribution in [3.63, 3.8) is 0 Å². The third kappa shape index (κ3) is 3.16. The molecule has 0 aliphatic rings. The van der Waals surface area contributed by atoms with Crippen molar-refractivity contribution in [3.8, 4) is 5.75 Å². The van der Waals surface area contributed by atoms with Crippen molar-refractivity contribution in [1.82, 2.24) is 4.57 Å². The molecule has 2 aromatic rings. The number of nitrogens with zero attached hydrogens (tertiary/aromatic N) is 2. The van der Waals surface area contributed by atoms with Crippen LogP contribution in [-0.4, -0.2) is 21.7 Å². The molecule has 1 aromatic heterocycles. The summed E-state index contributed by atoms with van der Waals surface area (Å²) in [5.41, 5.74) is 1.58. The van der Waals surface area contributed by atoms with Gasteiger partial charge in [-0.1, -0.05) is 0 Å². The van der Waals surface area contributed by atoms with Crippen LogP contribution < -0.4 is 4.74 Å². The van der Waals surface area contributed by atoms with Crippen LogP contribution in [0.1, 0.15) is 24.2 Å². The number of aromatic nitrogens is 1. The normalized spacial score (nSPS) is 12.2. The lowest BCUT2D eigenvalue weighted by molar-refractivity contribution is -0.385. The Kier molecular flexibility index (Phi) is 4.05. The highest BCUT2D eigenvalue weighted by atomic mass is 16.6. The van der Waals surface area contributed by atoms with E-state index in [1.54, 1.807) is 13.0 Å². The van der Waals surface area contributed by atoms with Crippen molar-refractivity contribution in [3.05, 3.63) is 57.9 Å². The molecular formula is C14H16N2O4. The van der Waals surface area contributed by atoms with Gasteiger partial charge in [-0.15, -0.1) is 0 Å². The van der Waals surface area contributed by atoms with Gasteiger partial charge in [0.2, 0.25) is 0 Å². The van der Waals surface area contributed by atoms with Crippen molar-refractivity contribution in [2.24, 2.45) is 0 Å². The second-order valence-electron chi connectivity index (χ2n) is 4.59. The highest BCUT2D eigenvalue weighted by molar-refractivity contribution is 5.43. The van der Waals surface area contributed by atoms with E-state index in [-0.39, 0.29) is 5.69 Å². The Morgan fingerprint density at radius 2 is 2.20 bits per heavy atom. The number of rotatable bonds is 5. The van der Waals surface area contributed by atoms with Crippen LogP contribution in [0.25, 0.3) is 0 Å². The molecule has 0 radical (unpaired) electrons. The Hall–Kier alpha value is -2.34. The van der Waals surface area contributed by atoms with E-state index < -0.39 is 11.0 Å². The number of ether oxygens (including phenoxy) is 1. The van der Waals surface area contributed by atoms with Gasteiger partial charge in [0.25, 0.3) is 5.69 Å². The molecular weight excluding hydrogens is 260 g/mol. The predicted molar refractivity (Wildman–Crippen MR) is 73.8 cm³/mol. The number of nitro groups is 1. The Labute approximate surface area is 116 Å². The fraction of sp³-hybridized carbons (Fsp3) is 0.286. The average Bonchev–Trinajstić information content (AvgIpc) is 2.87. The monoisotopic (exact) mass is 276 g/mol. The standard InChI is InChI=1S/C14H16N2O4/c1-10(17)12-3-4-15(9-12)8-11-5-13(16(18)19)7-14(6-11)20-2/h3-7,9-10,17H,8H2,1-2H3. The molecule has 1 atom stereocenters. The molecule has 0 amide bonds. The average molecular weight is 276 g/mol. The van der Waals surface area contributed by atoms with Gasteiger partial charge >= 0.3 is 0 Å². The third-order valence-electron chi connectivity index (χ3n) is 3.02. The topological polar surface area (TPSA) is 77.5 Å². The summed E-state index contributed by atoms with van der Waals surface area (Å²) >= 11 is 0. The van der Waals surface area contributed by atoms with Crippen molar-refractivity contribution in [1.29, 1.82) is 0 Å². The molecule has 1 aromatic carbocycles. The summed E-state index contributed by atoms with van der Waals surface area (Å²) in [5, 5.41) is 20.4. The SMILES string of the molecule is COc1cc(Cn2ccc(C(C)O)c2)cc([N+](=O)[O-])c1. The van der Waals surface area contributed by atoms with Crippen molar-refractivity contribution >= 4 is 5.69 Å². The molecule has 0 saturated heterocycles. The lowest BCUT2D eigenvalue weighted by Crippen LogP contribution is -1.99. The summed E-state index contributed by atoms with van der Waals surface area (Å²) in [6.45, 7) is 2.17. The van der Waals surface area contributed by atoms with Crippen LogP contribution in [-0.2, 0) is 6.54 Å². The van der Waals surface area contributed by atoms with Gasteiger partial charge in [0.05, 0.1) is 24.2 Å². The largest absolute Gasteiger partial charge is 0.496 e. The second-order valence-corrected chi connectivity index (χ2v) is 4.59. The number of benzene rings is 1. The zero-order valence-corrected chi connectivity index (χ0v) is 11.3. The molecule has 1 N–H and O–H groups in total. The molecule has 6 nitrogen and oxygen atoms in total. The zero-order chi connectivity index (χ0) is 14.7. The molecule has 0 bridgehead atoms. The van der Waals surface area contributed by atoms with Gasteiger partial charge in [-0.3, -0.25) is 10.1 Å². The molecule has 106 valence electrons. The molecule has 6 heteroatoms. The minimum atomic E-state index is -0.532. The lowest BCUT2D eigenvalue weighted by Gasteiger charge is -2.06. The van der Waals surface area contributed by atoms with Crippen LogP contribution >= 0.6 is 0 Å². The number of aliphatic hydroxyl groups is 1. The Balaban J connectivity index is 2.27. The molecule has 20 heavy (non-hydrogen) atoms. The van der Waals surface area contributed by atoms with E-state index in [9.17, 15) is 15.2 Å². The summed E-state index contributed by atoms with van der Waals surface area (Å²) in [7, 11) is 1.48. The van der Waals surface area contributed by atoms with Crippen molar-refractivity contribution in [2.75, 3.05) is 7.11 Å². The second kappa shape index (κ2) is 5.75.